The molecular formula is C10H11ClO5S. The molecular weight excluding hydrogens is 268 g/mol. The molecule has 0 bridgehead atoms. The van der Waals surface area contributed by atoms with Crippen LogP contribution in [0.4, 0.5) is 0 Å². The van der Waals surface area contributed by atoms with Crippen molar-refractivity contribution in [1.29, 1.82) is 0 Å². The van der Waals surface area contributed by atoms with Crippen molar-refractivity contribution in [2.24, 2.45) is 0 Å². The van der Waals surface area contributed by atoms with Gasteiger partial charge in [0.15, 0.2) is 0 Å². The van der Waals surface area contributed by atoms with Gasteiger partial charge in [-0.05, 0) is 37.6 Å². The standard InChI is InChI=1S/C10H11ClO5S/c1-7-3-5-8(6-4-7)17(14,15)16-10(2,13)9(11)12/h3-6,13H,1-2H3. The van der Waals surface area contributed by atoms with E-state index in [9.17, 15) is 18.3 Å². The van der Waals surface area contributed by atoms with Crippen molar-refractivity contribution in [1.82, 2.24) is 0 Å². The fourth-order valence-corrected chi connectivity index (χ4v) is 2.15. The van der Waals surface area contributed by atoms with Gasteiger partial charge < -0.3 is 5.11 Å². The minimum atomic E-state index is -4.24. The number of hydrogen-bond donors (Lipinski definition) is 1. The quantitative estimate of drug-likeness (QED) is 0.508. The average Bonchev–Trinajstić information content (AvgIpc) is 2.16. The molecule has 1 unspecified atom stereocenters. The summed E-state index contributed by atoms with van der Waals surface area (Å²) < 4.78 is 27.7. The van der Waals surface area contributed by atoms with E-state index in [1.165, 1.54) is 12.1 Å². The van der Waals surface area contributed by atoms with E-state index in [2.05, 4.69) is 4.18 Å². The van der Waals surface area contributed by atoms with Gasteiger partial charge in [0.1, 0.15) is 0 Å². The van der Waals surface area contributed by atoms with Gasteiger partial charge in [0.25, 0.3) is 21.1 Å². The summed E-state index contributed by atoms with van der Waals surface area (Å²) in [7, 11) is -4.24. The van der Waals surface area contributed by atoms with Gasteiger partial charge in [-0.3, -0.25) is 4.79 Å². The van der Waals surface area contributed by atoms with Crippen LogP contribution in [0.2, 0.25) is 0 Å². The van der Waals surface area contributed by atoms with Crippen molar-refractivity contribution in [2.45, 2.75) is 24.5 Å². The number of carbonyl (C=O) groups excluding carboxylic acids is 1. The van der Waals surface area contributed by atoms with Gasteiger partial charge in [-0.1, -0.05) is 17.7 Å². The predicted octanol–water partition coefficient (Wildman–Crippen LogP) is 1.17. The smallest absolute Gasteiger partial charge is 0.300 e. The monoisotopic (exact) mass is 278 g/mol. The minimum Gasteiger partial charge on any atom is -0.358 e. The molecule has 1 atom stereocenters. The maximum absolute atomic E-state index is 11.7. The highest BCUT2D eigenvalue weighted by Crippen LogP contribution is 2.20. The van der Waals surface area contributed by atoms with Crippen LogP contribution in [0, 0.1) is 6.92 Å². The van der Waals surface area contributed by atoms with E-state index in [0.29, 0.717) is 0 Å². The molecule has 17 heavy (non-hydrogen) atoms. The highest BCUT2D eigenvalue weighted by molar-refractivity contribution is 7.86. The lowest BCUT2D eigenvalue weighted by Gasteiger charge is -2.18. The highest BCUT2D eigenvalue weighted by Gasteiger charge is 2.36. The molecule has 0 aliphatic heterocycles. The molecule has 0 heterocycles. The molecule has 1 N–H and O–H groups in total. The van der Waals surface area contributed by atoms with Crippen molar-refractivity contribution >= 4 is 27.0 Å². The number of rotatable bonds is 4. The van der Waals surface area contributed by atoms with Gasteiger partial charge in [0, 0.05) is 0 Å². The molecule has 0 fully saturated rings. The van der Waals surface area contributed by atoms with Crippen LogP contribution in [0.25, 0.3) is 0 Å². The third-order valence-electron chi connectivity index (χ3n) is 1.95. The van der Waals surface area contributed by atoms with E-state index in [-0.39, 0.29) is 4.90 Å². The second-order valence-corrected chi connectivity index (χ2v) is 5.50. The third-order valence-corrected chi connectivity index (χ3v) is 3.69. The van der Waals surface area contributed by atoms with Crippen LogP contribution >= 0.6 is 11.6 Å². The average molecular weight is 279 g/mol. The summed E-state index contributed by atoms with van der Waals surface area (Å²) in [5.74, 6) is -2.58. The van der Waals surface area contributed by atoms with Crippen LogP contribution in [0.5, 0.6) is 0 Å². The molecule has 0 saturated carbocycles. The number of benzene rings is 1. The maximum Gasteiger partial charge on any atom is 0.300 e. The molecule has 5 nitrogen and oxygen atoms in total. The Hall–Kier alpha value is -0.950. The minimum absolute atomic E-state index is 0.165. The van der Waals surface area contributed by atoms with E-state index in [1.807, 2.05) is 0 Å². The van der Waals surface area contributed by atoms with Crippen molar-refractivity contribution in [3.63, 3.8) is 0 Å². The fraction of sp³-hybridized carbons (Fsp3) is 0.300. The summed E-state index contributed by atoms with van der Waals surface area (Å²) in [5.41, 5.74) is 0.865. The molecule has 0 radical (unpaired) electrons. The van der Waals surface area contributed by atoms with Gasteiger partial charge >= 0.3 is 0 Å². The zero-order valence-corrected chi connectivity index (χ0v) is 10.7. The van der Waals surface area contributed by atoms with Crippen LogP contribution in [0.1, 0.15) is 12.5 Å². The Morgan fingerprint density at radius 1 is 1.35 bits per heavy atom. The first-order valence-electron chi connectivity index (χ1n) is 4.60. The molecule has 7 heteroatoms. The normalized spacial score (nSPS) is 15.3. The fourth-order valence-electron chi connectivity index (χ4n) is 0.999. The number of carbonyl (C=O) groups is 1. The van der Waals surface area contributed by atoms with Gasteiger partial charge in [0.2, 0.25) is 0 Å². The summed E-state index contributed by atoms with van der Waals surface area (Å²) in [6.07, 6.45) is 0. The molecule has 0 amide bonds. The highest BCUT2D eigenvalue weighted by atomic mass is 35.5. The molecule has 1 aromatic rings. The van der Waals surface area contributed by atoms with Crippen LogP contribution < -0.4 is 0 Å². The lowest BCUT2D eigenvalue weighted by molar-refractivity contribution is -0.156. The van der Waals surface area contributed by atoms with Crippen LogP contribution in [-0.2, 0) is 19.1 Å². The maximum atomic E-state index is 11.7. The first kappa shape index (κ1) is 14.1. The summed E-state index contributed by atoms with van der Waals surface area (Å²) >= 11 is 5.01. The Kier molecular flexibility index (Phi) is 3.93. The van der Waals surface area contributed by atoms with Crippen LogP contribution in [-0.4, -0.2) is 24.6 Å². The van der Waals surface area contributed by atoms with E-state index >= 15 is 0 Å². The Labute approximate surface area is 104 Å². The van der Waals surface area contributed by atoms with E-state index in [1.54, 1.807) is 19.1 Å². The molecule has 0 saturated heterocycles. The van der Waals surface area contributed by atoms with Crippen molar-refractivity contribution in [3.8, 4) is 0 Å². The molecule has 1 aromatic carbocycles. The molecule has 0 spiro atoms. The zero-order chi connectivity index (χ0) is 13.3. The van der Waals surface area contributed by atoms with Crippen molar-refractivity contribution in [3.05, 3.63) is 29.8 Å². The predicted molar refractivity (Wildman–Crippen MR) is 60.9 cm³/mol. The summed E-state index contributed by atoms with van der Waals surface area (Å²) in [6.45, 7) is 2.64. The molecule has 0 aliphatic rings. The van der Waals surface area contributed by atoms with Crippen LogP contribution in [0.15, 0.2) is 29.2 Å². The summed E-state index contributed by atoms with van der Waals surface area (Å²) in [4.78, 5) is 10.6. The lowest BCUT2D eigenvalue weighted by Crippen LogP contribution is -2.37. The first-order chi connectivity index (χ1) is 7.65. The number of hydrogen-bond acceptors (Lipinski definition) is 5. The summed E-state index contributed by atoms with van der Waals surface area (Å²) in [6, 6.07) is 5.74. The second-order valence-electron chi connectivity index (χ2n) is 3.61. The van der Waals surface area contributed by atoms with E-state index < -0.39 is 21.1 Å². The first-order valence-corrected chi connectivity index (χ1v) is 6.38. The zero-order valence-electron chi connectivity index (χ0n) is 9.18. The van der Waals surface area contributed by atoms with Crippen molar-refractivity contribution < 1.29 is 22.5 Å². The third kappa shape index (κ3) is 3.50. The van der Waals surface area contributed by atoms with Gasteiger partial charge in [0.05, 0.1) is 4.90 Å². The molecule has 0 aromatic heterocycles. The second kappa shape index (κ2) is 4.73. The Morgan fingerprint density at radius 2 is 1.82 bits per heavy atom. The van der Waals surface area contributed by atoms with Gasteiger partial charge in [-0.25, -0.2) is 4.18 Å². The molecule has 0 aliphatic carbocycles. The van der Waals surface area contributed by atoms with Crippen molar-refractivity contribution in [2.75, 3.05) is 0 Å². The van der Waals surface area contributed by atoms with E-state index in [4.69, 9.17) is 11.6 Å². The Morgan fingerprint density at radius 3 is 2.24 bits per heavy atom. The molecule has 94 valence electrons. The molecule has 1 rings (SSSR count). The number of aryl methyl sites for hydroxylation is 1. The number of halogens is 1. The van der Waals surface area contributed by atoms with Gasteiger partial charge in [-0.2, -0.15) is 8.42 Å². The Bertz CT molecular complexity index is 518. The van der Waals surface area contributed by atoms with Crippen LogP contribution in [0.3, 0.4) is 0 Å². The van der Waals surface area contributed by atoms with E-state index in [0.717, 1.165) is 12.5 Å². The SMILES string of the molecule is Cc1ccc(S(=O)(=O)OC(C)(O)C(=O)Cl)cc1. The summed E-state index contributed by atoms with van der Waals surface area (Å²) in [5, 5.41) is 8.05. The largest absolute Gasteiger partial charge is 0.358 e. The van der Waals surface area contributed by atoms with Gasteiger partial charge in [-0.15, -0.1) is 0 Å². The Balaban J connectivity index is 3.05. The number of aliphatic hydroxyl groups is 1. The topological polar surface area (TPSA) is 80.7 Å². The lowest BCUT2D eigenvalue weighted by atomic mass is 10.2.